The third-order valence-corrected chi connectivity index (χ3v) is 5.15. The minimum Gasteiger partial charge on any atom is -0.392 e. The van der Waals surface area contributed by atoms with Crippen molar-refractivity contribution in [3.8, 4) is 0 Å². The summed E-state index contributed by atoms with van der Waals surface area (Å²) in [5.74, 6) is 0.547. The molecule has 1 N–H and O–H groups in total. The average molecular weight is 254 g/mol. The fraction of sp³-hybridized carbons (Fsp3) is 1.00. The van der Waals surface area contributed by atoms with Gasteiger partial charge in [0.1, 0.15) is 0 Å². The van der Waals surface area contributed by atoms with Crippen LogP contribution in [0.15, 0.2) is 0 Å². The summed E-state index contributed by atoms with van der Waals surface area (Å²) in [7, 11) is 0. The van der Waals surface area contributed by atoms with E-state index in [4.69, 9.17) is 9.47 Å². The van der Waals surface area contributed by atoms with Gasteiger partial charge in [-0.2, -0.15) is 0 Å². The van der Waals surface area contributed by atoms with Crippen molar-refractivity contribution in [1.29, 1.82) is 0 Å². The molecule has 3 heterocycles. The molecule has 0 spiro atoms. The first-order valence-electron chi connectivity index (χ1n) is 7.32. The van der Waals surface area contributed by atoms with Crippen molar-refractivity contribution in [3.05, 3.63) is 0 Å². The van der Waals surface area contributed by atoms with E-state index in [1.165, 1.54) is 6.42 Å². The van der Waals surface area contributed by atoms with Crippen molar-refractivity contribution >= 4 is 0 Å². The summed E-state index contributed by atoms with van der Waals surface area (Å²) >= 11 is 0. The van der Waals surface area contributed by atoms with Crippen LogP contribution in [0.4, 0.5) is 0 Å². The Morgan fingerprint density at radius 1 is 1.17 bits per heavy atom. The molecule has 104 valence electrons. The lowest BCUT2D eigenvalue weighted by Crippen LogP contribution is -2.42. The molecule has 3 rings (SSSR count). The lowest BCUT2D eigenvalue weighted by molar-refractivity contribution is -0.0968. The van der Waals surface area contributed by atoms with Gasteiger partial charge in [0.25, 0.3) is 0 Å². The summed E-state index contributed by atoms with van der Waals surface area (Å²) in [5.41, 5.74) is -0.349. The van der Waals surface area contributed by atoms with Gasteiger partial charge in [0.2, 0.25) is 0 Å². The Kier molecular flexibility index (Phi) is 2.82. The zero-order chi connectivity index (χ0) is 13.1. The van der Waals surface area contributed by atoms with E-state index in [1.807, 2.05) is 0 Å². The molecule has 3 aliphatic heterocycles. The molecule has 3 nitrogen and oxygen atoms in total. The quantitative estimate of drug-likeness (QED) is 0.823. The van der Waals surface area contributed by atoms with E-state index in [-0.39, 0.29) is 23.2 Å². The fourth-order valence-electron chi connectivity index (χ4n) is 4.47. The number of aliphatic hydroxyl groups is 1. The van der Waals surface area contributed by atoms with E-state index in [2.05, 4.69) is 27.7 Å². The molecule has 0 saturated carbocycles. The van der Waals surface area contributed by atoms with Crippen molar-refractivity contribution in [2.75, 3.05) is 0 Å². The Labute approximate surface area is 110 Å². The van der Waals surface area contributed by atoms with E-state index < -0.39 is 0 Å². The lowest BCUT2D eigenvalue weighted by Gasteiger charge is -2.35. The number of aliphatic hydroxyl groups excluding tert-OH is 1. The van der Waals surface area contributed by atoms with Crippen molar-refractivity contribution < 1.29 is 14.6 Å². The predicted molar refractivity (Wildman–Crippen MR) is 69.4 cm³/mol. The molecule has 3 fully saturated rings. The van der Waals surface area contributed by atoms with Gasteiger partial charge in [-0.3, -0.25) is 0 Å². The van der Waals surface area contributed by atoms with E-state index in [9.17, 15) is 5.11 Å². The van der Waals surface area contributed by atoms with Crippen LogP contribution in [0.2, 0.25) is 0 Å². The second-order valence-electron chi connectivity index (χ2n) is 7.54. The molecule has 0 aromatic carbocycles. The van der Waals surface area contributed by atoms with Gasteiger partial charge >= 0.3 is 0 Å². The van der Waals surface area contributed by atoms with Crippen LogP contribution < -0.4 is 0 Å². The minimum atomic E-state index is -0.280. The van der Waals surface area contributed by atoms with E-state index in [0.29, 0.717) is 18.1 Å². The Hall–Kier alpha value is -0.120. The van der Waals surface area contributed by atoms with Gasteiger partial charge in [-0.15, -0.1) is 0 Å². The highest BCUT2D eigenvalue weighted by Crippen LogP contribution is 2.49. The first-order chi connectivity index (χ1) is 8.28. The highest BCUT2D eigenvalue weighted by atomic mass is 16.5. The predicted octanol–water partition coefficient (Wildman–Crippen LogP) is 2.51. The maximum Gasteiger partial charge on any atom is 0.0687 e. The number of ether oxygens (including phenoxy) is 2. The molecule has 0 aromatic heterocycles. The molecular formula is C15H26O3. The van der Waals surface area contributed by atoms with Crippen LogP contribution in [0.25, 0.3) is 0 Å². The molecule has 18 heavy (non-hydrogen) atoms. The second kappa shape index (κ2) is 3.94. The molecule has 0 amide bonds. The highest BCUT2D eigenvalue weighted by molar-refractivity contribution is 5.02. The molecule has 5 unspecified atom stereocenters. The molecule has 0 aromatic rings. The summed E-state index contributed by atoms with van der Waals surface area (Å²) in [6, 6.07) is 0. The smallest absolute Gasteiger partial charge is 0.0687 e. The van der Waals surface area contributed by atoms with Crippen LogP contribution in [0.5, 0.6) is 0 Å². The maximum absolute atomic E-state index is 10.8. The number of rotatable bonds is 2. The first-order valence-corrected chi connectivity index (χ1v) is 7.32. The van der Waals surface area contributed by atoms with E-state index in [0.717, 1.165) is 19.3 Å². The van der Waals surface area contributed by atoms with Crippen LogP contribution in [0, 0.1) is 11.8 Å². The van der Waals surface area contributed by atoms with Crippen molar-refractivity contribution in [1.82, 2.24) is 0 Å². The third-order valence-electron chi connectivity index (χ3n) is 5.15. The van der Waals surface area contributed by atoms with Crippen LogP contribution in [0.1, 0.15) is 53.4 Å². The highest BCUT2D eigenvalue weighted by Gasteiger charge is 2.54. The van der Waals surface area contributed by atoms with Gasteiger partial charge in [-0.25, -0.2) is 0 Å². The molecule has 3 aliphatic rings. The Bertz CT molecular complexity index is 337. The van der Waals surface area contributed by atoms with Gasteiger partial charge < -0.3 is 14.6 Å². The summed E-state index contributed by atoms with van der Waals surface area (Å²) < 4.78 is 12.0. The third kappa shape index (κ3) is 2.00. The van der Waals surface area contributed by atoms with Crippen LogP contribution >= 0.6 is 0 Å². The normalized spacial score (nSPS) is 46.5. The molecule has 2 bridgehead atoms. The van der Waals surface area contributed by atoms with E-state index >= 15 is 0 Å². The Balaban J connectivity index is 1.74. The van der Waals surface area contributed by atoms with Crippen LogP contribution in [-0.2, 0) is 9.47 Å². The van der Waals surface area contributed by atoms with Crippen molar-refractivity contribution in [2.24, 2.45) is 11.8 Å². The monoisotopic (exact) mass is 254 g/mol. The summed E-state index contributed by atoms with van der Waals surface area (Å²) in [5, 5.41) is 10.8. The lowest BCUT2D eigenvalue weighted by atomic mass is 9.74. The maximum atomic E-state index is 10.8. The minimum absolute atomic E-state index is 0.117. The molecule has 3 saturated heterocycles. The van der Waals surface area contributed by atoms with Gasteiger partial charge in [-0.1, -0.05) is 0 Å². The average Bonchev–Trinajstić information content (AvgIpc) is 2.88. The summed E-state index contributed by atoms with van der Waals surface area (Å²) in [6.07, 6.45) is 4.72. The Morgan fingerprint density at radius 2 is 1.89 bits per heavy atom. The number of fused-ring (bicyclic) bond motifs is 2. The van der Waals surface area contributed by atoms with Gasteiger partial charge in [0.15, 0.2) is 0 Å². The molecular weight excluding hydrogens is 228 g/mol. The molecule has 5 atom stereocenters. The van der Waals surface area contributed by atoms with Crippen molar-refractivity contribution in [3.63, 3.8) is 0 Å². The van der Waals surface area contributed by atoms with Crippen LogP contribution in [-0.4, -0.2) is 34.6 Å². The fourth-order valence-corrected chi connectivity index (χ4v) is 4.47. The number of hydrogen-bond acceptors (Lipinski definition) is 3. The zero-order valence-corrected chi connectivity index (χ0v) is 12.0. The van der Waals surface area contributed by atoms with Gasteiger partial charge in [0.05, 0.1) is 29.5 Å². The molecule has 0 radical (unpaired) electrons. The van der Waals surface area contributed by atoms with Gasteiger partial charge in [0, 0.05) is 11.8 Å². The molecule has 3 heteroatoms. The zero-order valence-electron chi connectivity index (χ0n) is 12.0. The SMILES string of the molecule is CC1(C)CC(C(O)C2CC3CCC2O3)C(C)(C)O1. The summed E-state index contributed by atoms with van der Waals surface area (Å²) in [6.45, 7) is 8.48. The van der Waals surface area contributed by atoms with E-state index in [1.54, 1.807) is 0 Å². The van der Waals surface area contributed by atoms with Crippen LogP contribution in [0.3, 0.4) is 0 Å². The summed E-state index contributed by atoms with van der Waals surface area (Å²) in [4.78, 5) is 0. The van der Waals surface area contributed by atoms with Crippen molar-refractivity contribution in [2.45, 2.75) is 82.9 Å². The number of hydrogen-bond donors (Lipinski definition) is 1. The topological polar surface area (TPSA) is 38.7 Å². The second-order valence-corrected chi connectivity index (χ2v) is 7.54. The largest absolute Gasteiger partial charge is 0.392 e. The first kappa shape index (κ1) is 12.9. The standard InChI is InChI=1S/C15H26O3/c1-14(2)8-11(15(3,4)18-14)13(16)10-7-9-5-6-12(10)17-9/h9-13,16H,5-8H2,1-4H3. The molecule has 0 aliphatic carbocycles. The Morgan fingerprint density at radius 3 is 2.33 bits per heavy atom. The van der Waals surface area contributed by atoms with Gasteiger partial charge in [-0.05, 0) is 53.4 Å².